The minimum Gasteiger partial charge on any atom is -0.337 e. The Morgan fingerprint density at radius 1 is 1.35 bits per heavy atom. The van der Waals surface area contributed by atoms with Gasteiger partial charge in [-0.15, -0.1) is 0 Å². The van der Waals surface area contributed by atoms with Crippen molar-refractivity contribution in [3.63, 3.8) is 0 Å². The molecule has 4 rings (SSSR count). The maximum absolute atomic E-state index is 13.3. The molecule has 0 saturated carbocycles. The fraction of sp³-hybridized carbons (Fsp3) is 0.500. The smallest absolute Gasteiger partial charge is 0.274 e. The van der Waals surface area contributed by atoms with Gasteiger partial charge in [-0.3, -0.25) is 9.48 Å². The Morgan fingerprint density at radius 2 is 2.15 bits per heavy atom. The molecular formula is C20H25FN4O. The predicted molar refractivity (Wildman–Crippen MR) is 97.4 cm³/mol. The molecule has 26 heavy (non-hydrogen) atoms. The highest BCUT2D eigenvalue weighted by molar-refractivity contribution is 5.94. The van der Waals surface area contributed by atoms with E-state index in [1.54, 1.807) is 12.1 Å². The summed E-state index contributed by atoms with van der Waals surface area (Å²) in [5.74, 6) is -0.133. The summed E-state index contributed by atoms with van der Waals surface area (Å²) in [7, 11) is 1.93. The average molecular weight is 356 g/mol. The summed E-state index contributed by atoms with van der Waals surface area (Å²) in [4.78, 5) is 14.8. The number of rotatable bonds is 4. The van der Waals surface area contributed by atoms with Crippen LogP contribution in [0, 0.1) is 5.82 Å². The summed E-state index contributed by atoms with van der Waals surface area (Å²) in [5, 5.41) is 8.07. The van der Waals surface area contributed by atoms with Crippen LogP contribution in [0.25, 0.3) is 0 Å². The summed E-state index contributed by atoms with van der Waals surface area (Å²) in [6, 6.07) is 6.96. The standard InChI is InChI=1S/C20H25FN4O/c1-24-18-8-7-16(22-13-14-5-4-6-15(21)11-14)12-17(18)19(23-24)20(26)25-9-2-3-10-25/h4-6,11,16,22H,2-3,7-10,12-13H2,1H3. The molecule has 5 nitrogen and oxygen atoms in total. The number of nitrogens with one attached hydrogen (secondary N) is 1. The number of carbonyl (C=O) groups excluding carboxylic acids is 1. The number of carbonyl (C=O) groups is 1. The van der Waals surface area contributed by atoms with Crippen LogP contribution in [0.2, 0.25) is 0 Å². The lowest BCUT2D eigenvalue weighted by Crippen LogP contribution is -2.35. The summed E-state index contributed by atoms with van der Waals surface area (Å²) in [5.41, 5.74) is 3.83. The number of fused-ring (bicyclic) bond motifs is 1. The van der Waals surface area contributed by atoms with Crippen molar-refractivity contribution in [3.8, 4) is 0 Å². The Labute approximate surface area is 153 Å². The second-order valence-corrected chi connectivity index (χ2v) is 7.35. The molecule has 1 N–H and O–H groups in total. The number of hydrogen-bond donors (Lipinski definition) is 1. The van der Waals surface area contributed by atoms with Gasteiger partial charge in [-0.25, -0.2) is 4.39 Å². The van der Waals surface area contributed by atoms with E-state index >= 15 is 0 Å². The lowest BCUT2D eigenvalue weighted by molar-refractivity contribution is 0.0785. The van der Waals surface area contributed by atoms with Crippen LogP contribution in [0.4, 0.5) is 4.39 Å². The zero-order valence-corrected chi connectivity index (χ0v) is 15.2. The second-order valence-electron chi connectivity index (χ2n) is 7.35. The lowest BCUT2D eigenvalue weighted by atomic mass is 9.91. The fourth-order valence-electron chi connectivity index (χ4n) is 4.11. The average Bonchev–Trinajstić information content (AvgIpc) is 3.28. The number of benzene rings is 1. The van der Waals surface area contributed by atoms with Gasteiger partial charge in [-0.1, -0.05) is 12.1 Å². The lowest BCUT2D eigenvalue weighted by Gasteiger charge is -2.25. The van der Waals surface area contributed by atoms with Crippen LogP contribution >= 0.6 is 0 Å². The van der Waals surface area contributed by atoms with Gasteiger partial charge in [0.25, 0.3) is 5.91 Å². The predicted octanol–water partition coefficient (Wildman–Crippen LogP) is 2.44. The fourth-order valence-corrected chi connectivity index (χ4v) is 4.11. The molecule has 0 radical (unpaired) electrons. The first kappa shape index (κ1) is 17.2. The number of hydrogen-bond acceptors (Lipinski definition) is 3. The van der Waals surface area contributed by atoms with E-state index in [1.165, 1.54) is 11.8 Å². The van der Waals surface area contributed by atoms with Crippen LogP contribution in [0.3, 0.4) is 0 Å². The Bertz CT molecular complexity index is 810. The molecule has 1 atom stereocenters. The van der Waals surface area contributed by atoms with Gasteiger partial charge in [0.1, 0.15) is 5.82 Å². The third-order valence-corrected chi connectivity index (χ3v) is 5.53. The normalized spacial score (nSPS) is 19.6. The first-order valence-corrected chi connectivity index (χ1v) is 9.43. The number of aryl methyl sites for hydroxylation is 1. The molecule has 1 fully saturated rings. The van der Waals surface area contributed by atoms with Gasteiger partial charge in [0.15, 0.2) is 5.69 Å². The minimum absolute atomic E-state index is 0.0742. The number of halogens is 1. The molecule has 1 aliphatic heterocycles. The van der Waals surface area contributed by atoms with E-state index in [0.29, 0.717) is 12.2 Å². The van der Waals surface area contributed by atoms with E-state index in [1.807, 2.05) is 22.7 Å². The van der Waals surface area contributed by atoms with Crippen molar-refractivity contribution in [3.05, 3.63) is 52.6 Å². The van der Waals surface area contributed by atoms with E-state index in [-0.39, 0.29) is 17.8 Å². The topological polar surface area (TPSA) is 50.2 Å². The van der Waals surface area contributed by atoms with Crippen molar-refractivity contribution in [1.29, 1.82) is 0 Å². The molecule has 0 bridgehead atoms. The number of aromatic nitrogens is 2. The second kappa shape index (κ2) is 7.19. The van der Waals surface area contributed by atoms with E-state index in [0.717, 1.165) is 56.3 Å². The van der Waals surface area contributed by atoms with Crippen LogP contribution < -0.4 is 5.32 Å². The largest absolute Gasteiger partial charge is 0.337 e. The van der Waals surface area contributed by atoms with Crippen molar-refractivity contribution in [2.24, 2.45) is 7.05 Å². The molecular weight excluding hydrogens is 331 g/mol. The van der Waals surface area contributed by atoms with Gasteiger partial charge in [0, 0.05) is 44.0 Å². The van der Waals surface area contributed by atoms with Crippen molar-refractivity contribution >= 4 is 5.91 Å². The summed E-state index contributed by atoms with van der Waals surface area (Å²) in [6.45, 7) is 2.31. The van der Waals surface area contributed by atoms with Crippen LogP contribution in [0.1, 0.15) is 46.6 Å². The van der Waals surface area contributed by atoms with Gasteiger partial charge in [-0.05, 0) is 49.8 Å². The molecule has 1 unspecified atom stereocenters. The Morgan fingerprint density at radius 3 is 2.92 bits per heavy atom. The Kier molecular flexibility index (Phi) is 4.76. The van der Waals surface area contributed by atoms with Crippen LogP contribution in [0.15, 0.2) is 24.3 Å². The van der Waals surface area contributed by atoms with Gasteiger partial charge < -0.3 is 10.2 Å². The zero-order chi connectivity index (χ0) is 18.1. The number of likely N-dealkylation sites (tertiary alicyclic amines) is 1. The third-order valence-electron chi connectivity index (χ3n) is 5.53. The first-order valence-electron chi connectivity index (χ1n) is 9.43. The molecule has 1 aromatic heterocycles. The maximum Gasteiger partial charge on any atom is 0.274 e. The van der Waals surface area contributed by atoms with Gasteiger partial charge >= 0.3 is 0 Å². The maximum atomic E-state index is 13.3. The van der Waals surface area contributed by atoms with Crippen LogP contribution in [-0.2, 0) is 26.4 Å². The SMILES string of the molecule is Cn1nc(C(=O)N2CCCC2)c2c1CCC(NCc1cccc(F)c1)C2. The summed E-state index contributed by atoms with van der Waals surface area (Å²) < 4.78 is 15.2. The number of nitrogens with zero attached hydrogens (tertiary/aromatic N) is 3. The van der Waals surface area contributed by atoms with E-state index in [4.69, 9.17) is 0 Å². The van der Waals surface area contributed by atoms with Crippen LogP contribution in [0.5, 0.6) is 0 Å². The molecule has 2 aliphatic rings. The molecule has 2 heterocycles. The van der Waals surface area contributed by atoms with Gasteiger partial charge in [-0.2, -0.15) is 5.10 Å². The molecule has 138 valence electrons. The molecule has 1 aromatic carbocycles. The highest BCUT2D eigenvalue weighted by atomic mass is 19.1. The van der Waals surface area contributed by atoms with Gasteiger partial charge in [0.05, 0.1) is 0 Å². The van der Waals surface area contributed by atoms with Crippen molar-refractivity contribution in [1.82, 2.24) is 20.0 Å². The number of amides is 1. The highest BCUT2D eigenvalue weighted by Crippen LogP contribution is 2.26. The summed E-state index contributed by atoms with van der Waals surface area (Å²) >= 11 is 0. The van der Waals surface area contributed by atoms with Crippen molar-refractivity contribution in [2.45, 2.75) is 44.7 Å². The monoisotopic (exact) mass is 356 g/mol. The van der Waals surface area contributed by atoms with E-state index in [9.17, 15) is 9.18 Å². The van der Waals surface area contributed by atoms with Crippen molar-refractivity contribution < 1.29 is 9.18 Å². The Balaban J connectivity index is 1.47. The van der Waals surface area contributed by atoms with Crippen LogP contribution in [-0.4, -0.2) is 39.7 Å². The molecule has 2 aromatic rings. The minimum atomic E-state index is -0.207. The molecule has 6 heteroatoms. The summed E-state index contributed by atoms with van der Waals surface area (Å²) in [6.07, 6.45) is 4.87. The molecule has 0 spiro atoms. The van der Waals surface area contributed by atoms with E-state index < -0.39 is 0 Å². The highest BCUT2D eigenvalue weighted by Gasteiger charge is 2.31. The zero-order valence-electron chi connectivity index (χ0n) is 15.2. The molecule has 1 amide bonds. The van der Waals surface area contributed by atoms with E-state index in [2.05, 4.69) is 10.4 Å². The first-order chi connectivity index (χ1) is 12.6. The molecule has 1 aliphatic carbocycles. The van der Waals surface area contributed by atoms with Gasteiger partial charge in [0.2, 0.25) is 0 Å². The van der Waals surface area contributed by atoms with Crippen molar-refractivity contribution in [2.75, 3.05) is 13.1 Å². The molecule has 1 saturated heterocycles. The third kappa shape index (κ3) is 3.38. The quantitative estimate of drug-likeness (QED) is 0.915. The Hall–Kier alpha value is -2.21.